The molecule has 0 bridgehead atoms. The summed E-state index contributed by atoms with van der Waals surface area (Å²) in [5.41, 5.74) is 3.28. The van der Waals surface area contributed by atoms with E-state index in [4.69, 9.17) is 14.2 Å². The maximum Gasteiger partial charge on any atom is 0.306 e. The van der Waals surface area contributed by atoms with E-state index in [1.54, 1.807) is 0 Å². The highest BCUT2D eigenvalue weighted by Gasteiger charge is 2.18. The maximum absolute atomic E-state index is 12.2. The Labute approximate surface area is 213 Å². The van der Waals surface area contributed by atoms with Crippen LogP contribution in [0.3, 0.4) is 0 Å². The van der Waals surface area contributed by atoms with E-state index in [0.717, 1.165) is 16.8 Å². The molecule has 2 heterocycles. The van der Waals surface area contributed by atoms with Crippen molar-refractivity contribution in [1.82, 2.24) is 9.97 Å². The van der Waals surface area contributed by atoms with Crippen molar-refractivity contribution in [3.05, 3.63) is 46.8 Å². The van der Waals surface area contributed by atoms with Crippen molar-refractivity contribution in [2.45, 2.75) is 98.9 Å². The van der Waals surface area contributed by atoms with Crippen LogP contribution in [-0.2, 0) is 48.0 Å². The van der Waals surface area contributed by atoms with Crippen molar-refractivity contribution in [1.29, 1.82) is 0 Å². The molecule has 8 nitrogen and oxygen atoms in total. The second-order valence-corrected chi connectivity index (χ2v) is 10.8. The van der Waals surface area contributed by atoms with Gasteiger partial charge >= 0.3 is 17.9 Å². The topological polar surface area (TPSA) is 105 Å². The fourth-order valence-corrected chi connectivity index (χ4v) is 3.47. The zero-order valence-electron chi connectivity index (χ0n) is 22.7. The van der Waals surface area contributed by atoms with Crippen molar-refractivity contribution < 1.29 is 28.6 Å². The molecule has 0 radical (unpaired) electrons. The smallest absolute Gasteiger partial charge is 0.306 e. The molecule has 36 heavy (non-hydrogen) atoms. The number of esters is 3. The molecule has 0 saturated carbocycles. The quantitative estimate of drug-likeness (QED) is 0.349. The number of carbonyl (C=O) groups is 3. The van der Waals surface area contributed by atoms with Gasteiger partial charge in [-0.3, -0.25) is 19.4 Å². The maximum atomic E-state index is 12.2. The second-order valence-electron chi connectivity index (χ2n) is 10.8. The summed E-state index contributed by atoms with van der Waals surface area (Å²) in [5, 5.41) is 0. The number of nitrogens with zero attached hydrogens (tertiary/aromatic N) is 2. The molecule has 0 aromatic carbocycles. The van der Waals surface area contributed by atoms with Crippen molar-refractivity contribution in [2.24, 2.45) is 0 Å². The zero-order chi connectivity index (χ0) is 27.1. The van der Waals surface area contributed by atoms with Crippen molar-refractivity contribution in [2.75, 3.05) is 0 Å². The first-order valence-electron chi connectivity index (χ1n) is 12.1. The van der Waals surface area contributed by atoms with E-state index in [0.29, 0.717) is 29.9 Å². The van der Waals surface area contributed by atoms with Gasteiger partial charge in [-0.15, -0.1) is 0 Å². The predicted molar refractivity (Wildman–Crippen MR) is 136 cm³/mol. The summed E-state index contributed by atoms with van der Waals surface area (Å²) in [5.74, 6) is -0.958. The van der Waals surface area contributed by atoms with Gasteiger partial charge in [-0.25, -0.2) is 4.98 Å². The average molecular weight is 499 g/mol. The van der Waals surface area contributed by atoms with Gasteiger partial charge in [-0.2, -0.15) is 0 Å². The Balaban J connectivity index is 2.29. The number of pyridine rings is 2. The Kier molecular flexibility index (Phi) is 9.73. The Morgan fingerprint density at radius 2 is 1.22 bits per heavy atom. The molecule has 0 N–H and O–H groups in total. The van der Waals surface area contributed by atoms with E-state index in [2.05, 4.69) is 9.97 Å². The molecule has 0 aliphatic carbocycles. The van der Waals surface area contributed by atoms with Crippen LogP contribution in [-0.4, -0.2) is 39.1 Å². The third-order valence-corrected chi connectivity index (χ3v) is 4.71. The standard InChI is InChI=1S/C28H38N2O6/c1-18-13-20(9-11-25(32)35-27(3,4)5)15-23(29-18)24-16-21(10-12-26(33)36-28(6,7)8)14-22(30-24)17-34-19(2)31/h13-16H,9-12,17H2,1-8H3. The van der Waals surface area contributed by atoms with Crippen molar-refractivity contribution in [3.8, 4) is 11.4 Å². The number of rotatable bonds is 9. The molecule has 0 amide bonds. The molecule has 196 valence electrons. The van der Waals surface area contributed by atoms with Crippen LogP contribution in [0.25, 0.3) is 11.4 Å². The number of ether oxygens (including phenoxy) is 3. The van der Waals surface area contributed by atoms with Crippen molar-refractivity contribution >= 4 is 17.9 Å². The minimum Gasteiger partial charge on any atom is -0.460 e. The average Bonchev–Trinajstić information content (AvgIpc) is 2.72. The Morgan fingerprint density at radius 3 is 1.69 bits per heavy atom. The highest BCUT2D eigenvalue weighted by molar-refractivity contribution is 5.71. The summed E-state index contributed by atoms with van der Waals surface area (Å²) < 4.78 is 16.0. The minimum absolute atomic E-state index is 0.0138. The SMILES string of the molecule is CC(=O)OCc1cc(CCC(=O)OC(C)(C)C)cc(-c2cc(CCC(=O)OC(C)(C)C)cc(C)n2)n1. The van der Waals surface area contributed by atoms with E-state index in [1.807, 2.05) is 72.7 Å². The van der Waals surface area contributed by atoms with Gasteiger partial charge in [0.15, 0.2) is 0 Å². The molecule has 0 spiro atoms. The van der Waals surface area contributed by atoms with Crippen LogP contribution in [0.1, 0.15) is 83.8 Å². The molecule has 2 rings (SSSR count). The summed E-state index contributed by atoms with van der Waals surface area (Å²) >= 11 is 0. The third kappa shape index (κ3) is 11.0. The Morgan fingerprint density at radius 1 is 0.750 bits per heavy atom. The fraction of sp³-hybridized carbons (Fsp3) is 0.536. The number of aryl methyl sites for hydroxylation is 3. The Bertz CT molecular complexity index is 1100. The third-order valence-electron chi connectivity index (χ3n) is 4.71. The molecule has 0 aliphatic heterocycles. The van der Waals surface area contributed by atoms with E-state index in [1.165, 1.54) is 6.92 Å². The van der Waals surface area contributed by atoms with E-state index in [9.17, 15) is 14.4 Å². The molecule has 0 aliphatic rings. The molecular formula is C28H38N2O6. The number of hydrogen-bond donors (Lipinski definition) is 0. The lowest BCUT2D eigenvalue weighted by Crippen LogP contribution is -2.24. The number of aromatic nitrogens is 2. The molecule has 0 atom stereocenters. The fourth-order valence-electron chi connectivity index (χ4n) is 3.47. The molecule has 2 aromatic heterocycles. The van der Waals surface area contributed by atoms with Crippen LogP contribution >= 0.6 is 0 Å². The lowest BCUT2D eigenvalue weighted by atomic mass is 10.0. The molecule has 8 heteroatoms. The van der Waals surface area contributed by atoms with Gasteiger partial charge in [0.25, 0.3) is 0 Å². The molecule has 0 fully saturated rings. The largest absolute Gasteiger partial charge is 0.460 e. The van der Waals surface area contributed by atoms with Crippen LogP contribution in [0.15, 0.2) is 24.3 Å². The van der Waals surface area contributed by atoms with Gasteiger partial charge < -0.3 is 14.2 Å². The number of carbonyl (C=O) groups excluding carboxylic acids is 3. The number of hydrogen-bond acceptors (Lipinski definition) is 8. The van der Waals surface area contributed by atoms with Crippen LogP contribution in [0.5, 0.6) is 0 Å². The summed E-state index contributed by atoms with van der Waals surface area (Å²) in [7, 11) is 0. The lowest BCUT2D eigenvalue weighted by molar-refractivity contribution is -0.155. The first kappa shape index (κ1) is 28.9. The van der Waals surface area contributed by atoms with E-state index in [-0.39, 0.29) is 31.4 Å². The minimum atomic E-state index is -0.553. The van der Waals surface area contributed by atoms with Gasteiger partial charge in [-0.1, -0.05) is 0 Å². The van der Waals surface area contributed by atoms with E-state index < -0.39 is 17.2 Å². The normalized spacial score (nSPS) is 11.7. The van der Waals surface area contributed by atoms with Crippen LogP contribution < -0.4 is 0 Å². The van der Waals surface area contributed by atoms with Crippen LogP contribution in [0.4, 0.5) is 0 Å². The molecule has 2 aromatic rings. The van der Waals surface area contributed by atoms with Crippen LogP contribution in [0.2, 0.25) is 0 Å². The predicted octanol–water partition coefficient (Wildman–Crippen LogP) is 5.06. The van der Waals surface area contributed by atoms with Crippen molar-refractivity contribution in [3.63, 3.8) is 0 Å². The van der Waals surface area contributed by atoms with E-state index >= 15 is 0 Å². The first-order valence-corrected chi connectivity index (χ1v) is 12.1. The molecule has 0 unspecified atom stereocenters. The van der Waals surface area contributed by atoms with Gasteiger partial charge in [0.2, 0.25) is 0 Å². The lowest BCUT2D eigenvalue weighted by Gasteiger charge is -2.19. The monoisotopic (exact) mass is 498 g/mol. The molecule has 0 saturated heterocycles. The van der Waals surface area contributed by atoms with Gasteiger partial charge in [0, 0.05) is 25.5 Å². The van der Waals surface area contributed by atoms with Gasteiger partial charge in [-0.05, 0) is 96.7 Å². The summed E-state index contributed by atoms with van der Waals surface area (Å²) in [6.45, 7) is 14.2. The molecular weight excluding hydrogens is 460 g/mol. The summed E-state index contributed by atoms with van der Waals surface area (Å²) in [4.78, 5) is 45.0. The van der Waals surface area contributed by atoms with Crippen LogP contribution in [0, 0.1) is 6.92 Å². The summed E-state index contributed by atoms with van der Waals surface area (Å²) in [6.07, 6.45) is 1.40. The highest BCUT2D eigenvalue weighted by Crippen LogP contribution is 2.22. The first-order chi connectivity index (χ1) is 16.6. The van der Waals surface area contributed by atoms with Gasteiger partial charge in [0.1, 0.15) is 17.8 Å². The van der Waals surface area contributed by atoms with Gasteiger partial charge in [0.05, 0.1) is 17.1 Å². The second kappa shape index (κ2) is 12.1. The summed E-state index contributed by atoms with van der Waals surface area (Å²) in [6, 6.07) is 7.52. The zero-order valence-corrected chi connectivity index (χ0v) is 22.7. The highest BCUT2D eigenvalue weighted by atomic mass is 16.6. The Hall–Kier alpha value is -3.29.